The highest BCUT2D eigenvalue weighted by Crippen LogP contribution is 2.27. The Hall–Kier alpha value is -0.220. The Morgan fingerprint density at radius 1 is 1.69 bits per heavy atom. The highest BCUT2D eigenvalue weighted by atomic mass is 35.5. The SMILES string of the molecule is ClCc1nncn1CC1CCCS1. The molecular weight excluding hydrogens is 206 g/mol. The molecule has 1 atom stereocenters. The summed E-state index contributed by atoms with van der Waals surface area (Å²) in [5.41, 5.74) is 0. The second-order valence-electron chi connectivity index (χ2n) is 3.17. The van der Waals surface area contributed by atoms with Crippen molar-refractivity contribution in [1.29, 1.82) is 0 Å². The summed E-state index contributed by atoms with van der Waals surface area (Å²) >= 11 is 7.77. The van der Waals surface area contributed by atoms with Crippen LogP contribution in [0.2, 0.25) is 0 Å². The van der Waals surface area contributed by atoms with Crippen LogP contribution in [-0.4, -0.2) is 25.8 Å². The smallest absolute Gasteiger partial charge is 0.147 e. The quantitative estimate of drug-likeness (QED) is 0.725. The van der Waals surface area contributed by atoms with E-state index in [0.29, 0.717) is 5.88 Å². The second-order valence-corrected chi connectivity index (χ2v) is 4.84. The van der Waals surface area contributed by atoms with Crippen molar-refractivity contribution >= 4 is 23.4 Å². The summed E-state index contributed by atoms with van der Waals surface area (Å²) in [6.45, 7) is 1.01. The molecule has 72 valence electrons. The van der Waals surface area contributed by atoms with E-state index in [1.54, 1.807) is 6.33 Å². The Morgan fingerprint density at radius 3 is 3.31 bits per heavy atom. The van der Waals surface area contributed by atoms with Crippen LogP contribution in [0.3, 0.4) is 0 Å². The molecule has 0 N–H and O–H groups in total. The molecule has 0 bridgehead atoms. The van der Waals surface area contributed by atoms with Crippen LogP contribution in [0.25, 0.3) is 0 Å². The van der Waals surface area contributed by atoms with Crippen LogP contribution < -0.4 is 0 Å². The van der Waals surface area contributed by atoms with Crippen molar-refractivity contribution in [3.8, 4) is 0 Å². The molecular formula is C8H12ClN3S. The molecule has 1 aromatic rings. The Kier molecular flexibility index (Phi) is 3.11. The lowest BCUT2D eigenvalue weighted by atomic mass is 10.2. The molecule has 1 unspecified atom stereocenters. The minimum atomic E-state index is 0.456. The van der Waals surface area contributed by atoms with Gasteiger partial charge in [0.2, 0.25) is 0 Å². The lowest BCUT2D eigenvalue weighted by molar-refractivity contribution is 0.620. The molecule has 0 spiro atoms. The first-order chi connectivity index (χ1) is 6.40. The molecule has 1 aliphatic heterocycles. The van der Waals surface area contributed by atoms with Gasteiger partial charge in [0.15, 0.2) is 0 Å². The number of nitrogens with zero attached hydrogens (tertiary/aromatic N) is 3. The van der Waals surface area contributed by atoms with Gasteiger partial charge in [-0.15, -0.1) is 21.8 Å². The predicted molar refractivity (Wildman–Crippen MR) is 55.1 cm³/mol. The molecule has 0 aliphatic carbocycles. The van der Waals surface area contributed by atoms with Gasteiger partial charge in [-0.25, -0.2) is 0 Å². The Morgan fingerprint density at radius 2 is 2.62 bits per heavy atom. The van der Waals surface area contributed by atoms with Crippen molar-refractivity contribution in [3.05, 3.63) is 12.2 Å². The Balaban J connectivity index is 1.99. The van der Waals surface area contributed by atoms with Crippen LogP contribution in [0.4, 0.5) is 0 Å². The van der Waals surface area contributed by atoms with Crippen LogP contribution in [0.1, 0.15) is 18.7 Å². The predicted octanol–water partition coefficient (Wildman–Crippen LogP) is 1.91. The van der Waals surface area contributed by atoms with E-state index in [4.69, 9.17) is 11.6 Å². The van der Waals surface area contributed by atoms with Crippen molar-refractivity contribution < 1.29 is 0 Å². The molecule has 1 aliphatic rings. The van der Waals surface area contributed by atoms with Gasteiger partial charge < -0.3 is 4.57 Å². The zero-order valence-corrected chi connectivity index (χ0v) is 8.89. The van der Waals surface area contributed by atoms with Crippen molar-refractivity contribution in [1.82, 2.24) is 14.8 Å². The number of rotatable bonds is 3. The lowest BCUT2D eigenvalue weighted by Gasteiger charge is -2.09. The maximum Gasteiger partial charge on any atom is 0.147 e. The maximum absolute atomic E-state index is 5.73. The van der Waals surface area contributed by atoms with Crippen LogP contribution in [-0.2, 0) is 12.4 Å². The first-order valence-electron chi connectivity index (χ1n) is 4.44. The summed E-state index contributed by atoms with van der Waals surface area (Å²) < 4.78 is 2.07. The van der Waals surface area contributed by atoms with Crippen LogP contribution >= 0.6 is 23.4 Å². The zero-order valence-electron chi connectivity index (χ0n) is 7.32. The molecule has 2 rings (SSSR count). The average molecular weight is 218 g/mol. The molecule has 13 heavy (non-hydrogen) atoms. The number of aromatic nitrogens is 3. The summed E-state index contributed by atoms with van der Waals surface area (Å²) in [6.07, 6.45) is 4.43. The molecule has 0 aromatic carbocycles. The number of halogens is 1. The molecule has 0 radical (unpaired) electrons. The number of hydrogen-bond donors (Lipinski definition) is 0. The van der Waals surface area contributed by atoms with Gasteiger partial charge in [0.25, 0.3) is 0 Å². The van der Waals surface area contributed by atoms with Gasteiger partial charge in [-0.1, -0.05) is 0 Å². The van der Waals surface area contributed by atoms with Gasteiger partial charge in [-0.05, 0) is 18.6 Å². The highest BCUT2D eigenvalue weighted by Gasteiger charge is 2.17. The first kappa shape index (κ1) is 9.34. The van der Waals surface area contributed by atoms with E-state index in [1.165, 1.54) is 18.6 Å². The van der Waals surface area contributed by atoms with E-state index in [2.05, 4.69) is 14.8 Å². The maximum atomic E-state index is 5.73. The third-order valence-corrected chi connectivity index (χ3v) is 3.86. The van der Waals surface area contributed by atoms with E-state index in [-0.39, 0.29) is 0 Å². The molecule has 2 heterocycles. The second kappa shape index (κ2) is 4.33. The molecule has 0 saturated carbocycles. The first-order valence-corrected chi connectivity index (χ1v) is 6.02. The van der Waals surface area contributed by atoms with Crippen molar-refractivity contribution in [2.45, 2.75) is 30.5 Å². The van der Waals surface area contributed by atoms with Crippen LogP contribution in [0.5, 0.6) is 0 Å². The lowest BCUT2D eigenvalue weighted by Crippen LogP contribution is -2.11. The highest BCUT2D eigenvalue weighted by molar-refractivity contribution is 8.00. The van der Waals surface area contributed by atoms with Gasteiger partial charge in [0.05, 0.1) is 5.88 Å². The monoisotopic (exact) mass is 217 g/mol. The summed E-state index contributed by atoms with van der Waals surface area (Å²) in [7, 11) is 0. The van der Waals surface area contributed by atoms with E-state index in [9.17, 15) is 0 Å². The third-order valence-electron chi connectivity index (χ3n) is 2.24. The van der Waals surface area contributed by atoms with Crippen LogP contribution in [0.15, 0.2) is 6.33 Å². The summed E-state index contributed by atoms with van der Waals surface area (Å²) in [4.78, 5) is 0. The minimum absolute atomic E-state index is 0.456. The number of thioether (sulfide) groups is 1. The van der Waals surface area contributed by atoms with Gasteiger partial charge in [-0.3, -0.25) is 0 Å². The number of hydrogen-bond acceptors (Lipinski definition) is 3. The standard InChI is InChI=1S/C8H12ClN3S/c9-4-8-11-10-6-12(8)5-7-2-1-3-13-7/h6-7H,1-5H2. The van der Waals surface area contributed by atoms with E-state index >= 15 is 0 Å². The molecule has 1 saturated heterocycles. The third kappa shape index (κ3) is 2.17. The van der Waals surface area contributed by atoms with Crippen molar-refractivity contribution in [2.24, 2.45) is 0 Å². The largest absolute Gasteiger partial charge is 0.315 e. The fraction of sp³-hybridized carbons (Fsp3) is 0.750. The molecule has 5 heteroatoms. The molecule has 0 amide bonds. The van der Waals surface area contributed by atoms with E-state index in [0.717, 1.165) is 17.6 Å². The summed E-state index contributed by atoms with van der Waals surface area (Å²) in [6, 6.07) is 0. The Bertz CT molecular complexity index is 270. The van der Waals surface area contributed by atoms with Gasteiger partial charge >= 0.3 is 0 Å². The summed E-state index contributed by atoms with van der Waals surface area (Å²) in [5.74, 6) is 2.63. The van der Waals surface area contributed by atoms with Gasteiger partial charge in [0.1, 0.15) is 12.2 Å². The normalized spacial score (nSPS) is 22.4. The van der Waals surface area contributed by atoms with Crippen molar-refractivity contribution in [2.75, 3.05) is 5.75 Å². The molecule has 1 aromatic heterocycles. The fourth-order valence-corrected chi connectivity index (χ4v) is 3.02. The van der Waals surface area contributed by atoms with Gasteiger partial charge in [0, 0.05) is 11.8 Å². The van der Waals surface area contributed by atoms with Gasteiger partial charge in [-0.2, -0.15) is 11.8 Å². The topological polar surface area (TPSA) is 30.7 Å². The fourth-order valence-electron chi connectivity index (χ4n) is 1.54. The molecule has 1 fully saturated rings. The van der Waals surface area contributed by atoms with Crippen LogP contribution in [0, 0.1) is 0 Å². The summed E-state index contributed by atoms with van der Waals surface area (Å²) in [5, 5.41) is 8.54. The molecule has 3 nitrogen and oxygen atoms in total. The number of alkyl halides is 1. The average Bonchev–Trinajstić information content (AvgIpc) is 2.76. The Labute approximate surface area is 86.9 Å². The van der Waals surface area contributed by atoms with E-state index < -0.39 is 0 Å². The zero-order chi connectivity index (χ0) is 9.10. The minimum Gasteiger partial charge on any atom is -0.315 e. The van der Waals surface area contributed by atoms with Crippen molar-refractivity contribution in [3.63, 3.8) is 0 Å². The van der Waals surface area contributed by atoms with E-state index in [1.807, 2.05) is 11.8 Å².